The van der Waals surface area contributed by atoms with Gasteiger partial charge in [-0.15, -0.1) is 6.58 Å². The van der Waals surface area contributed by atoms with Gasteiger partial charge in [0.1, 0.15) is 0 Å². The Kier molecular flexibility index (Phi) is 7.58. The minimum Gasteiger partial charge on any atom is -0.478 e. The van der Waals surface area contributed by atoms with Gasteiger partial charge in [-0.3, -0.25) is 0 Å². The molecule has 5 heteroatoms. The second kappa shape index (κ2) is 9.33. The fraction of sp³-hybridized carbons (Fsp3) is 0.571. The lowest BCUT2D eigenvalue weighted by molar-refractivity contribution is 0.148. The Morgan fingerprint density at radius 2 is 2.16 bits per heavy atom. The number of hydrogen-bond donors (Lipinski definition) is 1. The van der Waals surface area contributed by atoms with Crippen LogP contribution in [-0.4, -0.2) is 36.3 Å². The number of ether oxygens (including phenoxy) is 2. The van der Waals surface area contributed by atoms with E-state index in [4.69, 9.17) is 9.47 Å². The molecule has 0 saturated heterocycles. The molecule has 0 saturated carbocycles. The Morgan fingerprint density at radius 1 is 1.32 bits per heavy atom. The SMILES string of the molecule is C=CCCOCCNc1nc(C)cc(OCCC)n1. The summed E-state index contributed by atoms with van der Waals surface area (Å²) in [6, 6.07) is 1.83. The number of anilines is 1. The summed E-state index contributed by atoms with van der Waals surface area (Å²) in [6.45, 7) is 10.3. The fourth-order valence-corrected chi connectivity index (χ4v) is 1.40. The maximum Gasteiger partial charge on any atom is 0.226 e. The molecule has 0 spiro atoms. The lowest BCUT2D eigenvalue weighted by Gasteiger charge is -2.09. The van der Waals surface area contributed by atoms with Gasteiger partial charge in [-0.05, 0) is 19.8 Å². The van der Waals surface area contributed by atoms with Crippen molar-refractivity contribution in [3.05, 3.63) is 24.4 Å². The van der Waals surface area contributed by atoms with Gasteiger partial charge in [0.15, 0.2) is 0 Å². The minimum atomic E-state index is 0.582. The number of nitrogens with one attached hydrogen (secondary N) is 1. The average molecular weight is 265 g/mol. The van der Waals surface area contributed by atoms with Gasteiger partial charge in [0.25, 0.3) is 0 Å². The fourth-order valence-electron chi connectivity index (χ4n) is 1.40. The van der Waals surface area contributed by atoms with Crippen molar-refractivity contribution in [1.82, 2.24) is 9.97 Å². The van der Waals surface area contributed by atoms with E-state index in [9.17, 15) is 0 Å². The molecule has 0 aliphatic heterocycles. The van der Waals surface area contributed by atoms with Crippen LogP contribution in [-0.2, 0) is 4.74 Å². The van der Waals surface area contributed by atoms with Crippen molar-refractivity contribution in [2.24, 2.45) is 0 Å². The number of nitrogens with zero attached hydrogens (tertiary/aromatic N) is 2. The molecule has 1 heterocycles. The first-order chi connectivity index (χ1) is 9.26. The Labute approximate surface area is 115 Å². The molecule has 0 unspecified atom stereocenters. The predicted octanol–water partition coefficient (Wildman–Crippen LogP) is 2.58. The van der Waals surface area contributed by atoms with Gasteiger partial charge < -0.3 is 14.8 Å². The van der Waals surface area contributed by atoms with Gasteiger partial charge in [0, 0.05) is 18.3 Å². The maximum atomic E-state index is 5.50. The van der Waals surface area contributed by atoms with Gasteiger partial charge in [-0.25, -0.2) is 4.98 Å². The molecule has 0 fully saturated rings. The highest BCUT2D eigenvalue weighted by atomic mass is 16.5. The second-order valence-electron chi connectivity index (χ2n) is 4.14. The third-order valence-electron chi connectivity index (χ3n) is 2.28. The van der Waals surface area contributed by atoms with Crippen LogP contribution in [0, 0.1) is 6.92 Å². The zero-order valence-electron chi connectivity index (χ0n) is 11.8. The molecule has 0 bridgehead atoms. The summed E-state index contributed by atoms with van der Waals surface area (Å²) >= 11 is 0. The van der Waals surface area contributed by atoms with Gasteiger partial charge in [-0.2, -0.15) is 4.98 Å². The van der Waals surface area contributed by atoms with Crippen LogP contribution in [0.15, 0.2) is 18.7 Å². The number of aryl methyl sites for hydroxylation is 1. The van der Waals surface area contributed by atoms with E-state index >= 15 is 0 Å². The maximum absolute atomic E-state index is 5.50. The smallest absolute Gasteiger partial charge is 0.226 e. The Morgan fingerprint density at radius 3 is 2.89 bits per heavy atom. The highest BCUT2D eigenvalue weighted by Crippen LogP contribution is 2.11. The molecule has 1 aromatic heterocycles. The Hall–Kier alpha value is -1.62. The molecule has 0 aromatic carbocycles. The molecule has 0 amide bonds. The zero-order chi connectivity index (χ0) is 13.9. The summed E-state index contributed by atoms with van der Waals surface area (Å²) in [5.41, 5.74) is 0.885. The lowest BCUT2D eigenvalue weighted by atomic mass is 10.4. The first kappa shape index (κ1) is 15.4. The van der Waals surface area contributed by atoms with Crippen LogP contribution >= 0.6 is 0 Å². The van der Waals surface area contributed by atoms with E-state index in [0.717, 1.165) is 18.5 Å². The van der Waals surface area contributed by atoms with E-state index < -0.39 is 0 Å². The highest BCUT2D eigenvalue weighted by Gasteiger charge is 2.02. The molecule has 1 rings (SSSR count). The van der Waals surface area contributed by atoms with Crippen LogP contribution in [0.4, 0.5) is 5.95 Å². The molecule has 1 N–H and O–H groups in total. The van der Waals surface area contributed by atoms with E-state index in [2.05, 4.69) is 28.8 Å². The summed E-state index contributed by atoms with van der Waals surface area (Å²) in [5, 5.41) is 3.13. The van der Waals surface area contributed by atoms with Gasteiger partial charge in [0.2, 0.25) is 11.8 Å². The van der Waals surface area contributed by atoms with Crippen molar-refractivity contribution in [2.45, 2.75) is 26.7 Å². The normalized spacial score (nSPS) is 10.2. The zero-order valence-corrected chi connectivity index (χ0v) is 11.8. The second-order valence-corrected chi connectivity index (χ2v) is 4.14. The van der Waals surface area contributed by atoms with Gasteiger partial charge >= 0.3 is 0 Å². The molecule has 0 aliphatic rings. The minimum absolute atomic E-state index is 0.582. The van der Waals surface area contributed by atoms with Crippen molar-refractivity contribution >= 4 is 5.95 Å². The van der Waals surface area contributed by atoms with Crippen LogP contribution in [0.1, 0.15) is 25.5 Å². The first-order valence-corrected chi connectivity index (χ1v) is 6.67. The monoisotopic (exact) mass is 265 g/mol. The highest BCUT2D eigenvalue weighted by molar-refractivity contribution is 5.30. The topological polar surface area (TPSA) is 56.3 Å². The summed E-state index contributed by atoms with van der Waals surface area (Å²) in [4.78, 5) is 8.59. The number of hydrogen-bond acceptors (Lipinski definition) is 5. The summed E-state index contributed by atoms with van der Waals surface area (Å²) < 4.78 is 10.9. The first-order valence-electron chi connectivity index (χ1n) is 6.67. The standard InChI is InChI=1S/C14H23N3O2/c1-4-6-9-18-10-7-15-14-16-12(3)11-13(17-14)19-8-5-2/h4,11H,1,5-10H2,2-3H3,(H,15,16,17). The van der Waals surface area contributed by atoms with E-state index in [0.29, 0.717) is 38.2 Å². The van der Waals surface area contributed by atoms with Crippen molar-refractivity contribution in [1.29, 1.82) is 0 Å². The van der Waals surface area contributed by atoms with Crippen LogP contribution in [0.25, 0.3) is 0 Å². The third-order valence-corrected chi connectivity index (χ3v) is 2.28. The third kappa shape index (κ3) is 6.76. The van der Waals surface area contributed by atoms with E-state index in [1.807, 2.05) is 19.1 Å². The van der Waals surface area contributed by atoms with E-state index in [1.54, 1.807) is 0 Å². The van der Waals surface area contributed by atoms with Crippen molar-refractivity contribution in [3.8, 4) is 5.88 Å². The molecular weight excluding hydrogens is 242 g/mol. The van der Waals surface area contributed by atoms with E-state index in [-0.39, 0.29) is 0 Å². The molecular formula is C14H23N3O2. The Bertz CT molecular complexity index is 383. The van der Waals surface area contributed by atoms with Crippen LogP contribution in [0.5, 0.6) is 5.88 Å². The van der Waals surface area contributed by atoms with E-state index in [1.165, 1.54) is 0 Å². The van der Waals surface area contributed by atoms with Crippen LogP contribution in [0.3, 0.4) is 0 Å². The molecule has 0 atom stereocenters. The van der Waals surface area contributed by atoms with Gasteiger partial charge in [-0.1, -0.05) is 13.0 Å². The summed E-state index contributed by atoms with van der Waals surface area (Å²) in [7, 11) is 0. The number of aromatic nitrogens is 2. The average Bonchev–Trinajstić information content (AvgIpc) is 2.40. The molecule has 19 heavy (non-hydrogen) atoms. The van der Waals surface area contributed by atoms with Crippen molar-refractivity contribution in [2.75, 3.05) is 31.7 Å². The predicted molar refractivity (Wildman–Crippen MR) is 76.7 cm³/mol. The van der Waals surface area contributed by atoms with Crippen LogP contribution in [0.2, 0.25) is 0 Å². The quantitative estimate of drug-likeness (QED) is 0.520. The van der Waals surface area contributed by atoms with Crippen molar-refractivity contribution in [3.63, 3.8) is 0 Å². The number of rotatable bonds is 10. The molecule has 0 radical (unpaired) electrons. The molecule has 5 nitrogen and oxygen atoms in total. The van der Waals surface area contributed by atoms with Gasteiger partial charge in [0.05, 0.1) is 19.8 Å². The molecule has 1 aromatic rings. The Balaban J connectivity index is 2.35. The summed E-state index contributed by atoms with van der Waals surface area (Å²) in [6.07, 6.45) is 3.67. The lowest BCUT2D eigenvalue weighted by Crippen LogP contribution is -2.13. The summed E-state index contributed by atoms with van der Waals surface area (Å²) in [5.74, 6) is 1.20. The van der Waals surface area contributed by atoms with Crippen molar-refractivity contribution < 1.29 is 9.47 Å². The van der Waals surface area contributed by atoms with Crippen LogP contribution < -0.4 is 10.1 Å². The molecule has 106 valence electrons. The molecule has 0 aliphatic carbocycles. The largest absolute Gasteiger partial charge is 0.478 e.